The maximum Gasteiger partial charge on any atom is 0.332 e. The van der Waals surface area contributed by atoms with E-state index in [1.165, 1.54) is 22.2 Å². The Hall–Kier alpha value is -4.21. The van der Waals surface area contributed by atoms with Crippen LogP contribution in [0.1, 0.15) is 48.4 Å². The van der Waals surface area contributed by atoms with Gasteiger partial charge in [-0.25, -0.2) is 9.78 Å². The maximum absolute atomic E-state index is 13.5. The molecule has 2 atom stereocenters. The molecule has 2 aromatic carbocycles. The predicted molar refractivity (Wildman–Crippen MR) is 170 cm³/mol. The zero-order valence-corrected chi connectivity index (χ0v) is 25.0. The summed E-state index contributed by atoms with van der Waals surface area (Å²) in [5.41, 5.74) is 13.3. The number of nitrogens with one attached hydrogen (secondary N) is 1. The number of ether oxygens (including phenoxy) is 1. The first-order valence-corrected chi connectivity index (χ1v) is 15.2. The van der Waals surface area contributed by atoms with E-state index < -0.39 is 0 Å². The van der Waals surface area contributed by atoms with Gasteiger partial charge in [0.05, 0.1) is 11.2 Å². The van der Waals surface area contributed by atoms with Gasteiger partial charge in [0.25, 0.3) is 0 Å². The van der Waals surface area contributed by atoms with Crippen LogP contribution in [-0.4, -0.2) is 62.8 Å². The molecule has 1 fully saturated rings. The summed E-state index contributed by atoms with van der Waals surface area (Å²) in [4.78, 5) is 35.0. The van der Waals surface area contributed by atoms with Crippen LogP contribution < -0.4 is 11.4 Å². The fraction of sp³-hybridized carbons (Fsp3) is 0.382. The molecule has 9 heteroatoms. The number of fused-ring (bicyclic) bond motifs is 2. The molecule has 1 aliphatic heterocycles. The van der Waals surface area contributed by atoms with E-state index in [-0.39, 0.29) is 17.6 Å². The number of nitrogens with zero attached hydrogens (tertiary/aromatic N) is 4. The minimum atomic E-state index is -0.291. The fourth-order valence-corrected chi connectivity index (χ4v) is 6.76. The summed E-state index contributed by atoms with van der Waals surface area (Å²) in [7, 11) is 1.75. The van der Waals surface area contributed by atoms with Crippen molar-refractivity contribution in [3.05, 3.63) is 94.2 Å². The van der Waals surface area contributed by atoms with Gasteiger partial charge >= 0.3 is 5.69 Å². The first-order chi connectivity index (χ1) is 20.9. The number of pyridine rings is 1. The zero-order valence-electron chi connectivity index (χ0n) is 25.0. The number of amides is 1. The number of nitrogens with two attached hydrogens (primary N) is 1. The summed E-state index contributed by atoms with van der Waals surface area (Å²) < 4.78 is 9.41. The molecule has 0 spiro atoms. The molecule has 1 saturated heterocycles. The summed E-state index contributed by atoms with van der Waals surface area (Å²) in [6.45, 7) is 5.33. The molecule has 43 heavy (non-hydrogen) atoms. The topological polar surface area (TPSA) is 111 Å². The normalized spacial score (nSPS) is 16.3. The molecule has 3 N–H and O–H groups in total. The number of aromatic nitrogens is 4. The molecule has 0 radical (unpaired) electrons. The number of aromatic amines is 1. The first-order valence-electron chi connectivity index (χ1n) is 15.2. The van der Waals surface area contributed by atoms with Crippen molar-refractivity contribution in [2.24, 2.45) is 5.73 Å². The fourth-order valence-electron chi connectivity index (χ4n) is 6.76. The van der Waals surface area contributed by atoms with Crippen LogP contribution in [0.2, 0.25) is 0 Å². The number of benzene rings is 2. The van der Waals surface area contributed by atoms with E-state index in [0.717, 1.165) is 62.3 Å². The summed E-state index contributed by atoms with van der Waals surface area (Å²) in [6, 6.07) is 19.8. The lowest BCUT2D eigenvalue weighted by molar-refractivity contribution is -0.132. The van der Waals surface area contributed by atoms with Gasteiger partial charge in [0.15, 0.2) is 5.65 Å². The number of hydrogen-bond acceptors (Lipinski definition) is 5. The molecule has 1 amide bonds. The lowest BCUT2D eigenvalue weighted by atomic mass is 9.91. The average Bonchev–Trinajstić information content (AvgIpc) is 3.50. The molecule has 5 aromatic rings. The Balaban J connectivity index is 1.12. The second-order valence-electron chi connectivity index (χ2n) is 11.7. The number of methoxy groups -OCH3 is 1. The van der Waals surface area contributed by atoms with Crippen LogP contribution in [-0.2, 0) is 22.5 Å². The van der Waals surface area contributed by atoms with Crippen molar-refractivity contribution in [2.45, 2.75) is 57.5 Å². The van der Waals surface area contributed by atoms with Crippen LogP contribution >= 0.6 is 0 Å². The number of aryl methyl sites for hydroxylation is 2. The standard InChI is InChI=1S/C34H40N6O3/c1-23-28-9-3-4-10-29(28)39(18-7-19-43-2)32(23)25-8-6-17-38(22-25)31(41)21-26(35)20-24-12-14-27(15-13-24)40-30-11-5-16-36-33(30)37-34(40)42/h3-5,9-16,25-26H,6-8,17-22,35H2,1-2H3,(H,36,37,42)/t25?,26-/m1/s1. The molecule has 9 nitrogen and oxygen atoms in total. The van der Waals surface area contributed by atoms with E-state index in [0.29, 0.717) is 24.4 Å². The Labute approximate surface area is 251 Å². The molecular weight excluding hydrogens is 540 g/mol. The monoisotopic (exact) mass is 580 g/mol. The van der Waals surface area contributed by atoms with Crippen LogP contribution in [0.15, 0.2) is 71.7 Å². The number of H-pyrrole nitrogens is 1. The second kappa shape index (κ2) is 12.6. The van der Waals surface area contributed by atoms with Crippen LogP contribution in [0.4, 0.5) is 0 Å². The number of likely N-dealkylation sites (tertiary alicyclic amines) is 1. The molecule has 6 rings (SSSR count). The van der Waals surface area contributed by atoms with E-state index in [9.17, 15) is 9.59 Å². The predicted octanol–water partition coefficient (Wildman–Crippen LogP) is 4.68. The molecule has 1 unspecified atom stereocenters. The van der Waals surface area contributed by atoms with Crippen molar-refractivity contribution in [3.63, 3.8) is 0 Å². The SMILES string of the molecule is COCCCn1c(C2CCCN(C(=O)C[C@H](N)Cc3ccc(-n4c(=O)[nH]c5ncccc54)cc3)C2)c(C)c2ccccc21. The number of hydrogen-bond donors (Lipinski definition) is 2. The highest BCUT2D eigenvalue weighted by Crippen LogP contribution is 2.36. The molecule has 4 heterocycles. The van der Waals surface area contributed by atoms with Gasteiger partial charge in [-0.2, -0.15) is 0 Å². The smallest absolute Gasteiger partial charge is 0.332 e. The quantitative estimate of drug-likeness (QED) is 0.233. The van der Waals surface area contributed by atoms with Crippen molar-refractivity contribution in [2.75, 3.05) is 26.8 Å². The van der Waals surface area contributed by atoms with Gasteiger partial charge in [0.1, 0.15) is 0 Å². The highest BCUT2D eigenvalue weighted by atomic mass is 16.5. The molecule has 0 bridgehead atoms. The lowest BCUT2D eigenvalue weighted by Gasteiger charge is -2.34. The molecule has 0 saturated carbocycles. The molecule has 224 valence electrons. The zero-order chi connectivity index (χ0) is 29.9. The third-order valence-corrected chi connectivity index (χ3v) is 8.75. The average molecular weight is 581 g/mol. The number of imidazole rings is 1. The minimum absolute atomic E-state index is 0.117. The van der Waals surface area contributed by atoms with Crippen LogP contribution in [0.3, 0.4) is 0 Å². The van der Waals surface area contributed by atoms with Crippen molar-refractivity contribution < 1.29 is 9.53 Å². The Bertz CT molecular complexity index is 1780. The lowest BCUT2D eigenvalue weighted by Crippen LogP contribution is -2.42. The van der Waals surface area contributed by atoms with E-state index >= 15 is 0 Å². The summed E-state index contributed by atoms with van der Waals surface area (Å²) in [6.07, 6.45) is 5.54. The van der Waals surface area contributed by atoms with Gasteiger partial charge in [-0.1, -0.05) is 30.3 Å². The summed E-state index contributed by atoms with van der Waals surface area (Å²) >= 11 is 0. The third kappa shape index (κ3) is 5.87. The molecule has 3 aromatic heterocycles. The van der Waals surface area contributed by atoms with Gasteiger partial charge in [-0.15, -0.1) is 0 Å². The van der Waals surface area contributed by atoms with E-state index in [2.05, 4.69) is 45.7 Å². The third-order valence-electron chi connectivity index (χ3n) is 8.75. The number of piperidine rings is 1. The van der Waals surface area contributed by atoms with E-state index in [1.807, 2.05) is 41.3 Å². The second-order valence-corrected chi connectivity index (χ2v) is 11.7. The number of carbonyl (C=O) groups excluding carboxylic acids is 1. The van der Waals surface area contributed by atoms with Crippen LogP contribution in [0.5, 0.6) is 0 Å². The first kappa shape index (κ1) is 28.9. The number of carbonyl (C=O) groups is 1. The largest absolute Gasteiger partial charge is 0.385 e. The Morgan fingerprint density at radius 3 is 2.72 bits per heavy atom. The van der Waals surface area contributed by atoms with Crippen LogP contribution in [0.25, 0.3) is 27.8 Å². The maximum atomic E-state index is 13.5. The van der Waals surface area contributed by atoms with E-state index in [4.69, 9.17) is 10.5 Å². The van der Waals surface area contributed by atoms with Crippen molar-refractivity contribution in [3.8, 4) is 5.69 Å². The van der Waals surface area contributed by atoms with Gasteiger partial charge < -0.3 is 19.9 Å². The minimum Gasteiger partial charge on any atom is -0.385 e. The van der Waals surface area contributed by atoms with Crippen molar-refractivity contribution >= 4 is 28.0 Å². The Morgan fingerprint density at radius 2 is 1.91 bits per heavy atom. The highest BCUT2D eigenvalue weighted by molar-refractivity contribution is 5.85. The Kier molecular flexibility index (Phi) is 8.44. The molecule has 1 aliphatic rings. The van der Waals surface area contributed by atoms with Gasteiger partial charge in [-0.05, 0) is 74.1 Å². The number of para-hydroxylation sites is 1. The van der Waals surface area contributed by atoms with Gasteiger partial charge in [0, 0.05) is 74.5 Å². The van der Waals surface area contributed by atoms with Crippen molar-refractivity contribution in [1.82, 2.24) is 24.0 Å². The number of rotatable bonds is 10. The molecular formula is C34H40N6O3. The van der Waals surface area contributed by atoms with Crippen LogP contribution in [0, 0.1) is 6.92 Å². The van der Waals surface area contributed by atoms with E-state index in [1.54, 1.807) is 17.9 Å². The summed E-state index contributed by atoms with van der Waals surface area (Å²) in [5, 5.41) is 1.29. The van der Waals surface area contributed by atoms with Crippen molar-refractivity contribution in [1.29, 1.82) is 0 Å². The van der Waals surface area contributed by atoms with Gasteiger partial charge in [-0.3, -0.25) is 14.3 Å². The Morgan fingerprint density at radius 1 is 1.12 bits per heavy atom. The molecule has 0 aliphatic carbocycles. The van der Waals surface area contributed by atoms with Gasteiger partial charge in [0.2, 0.25) is 5.91 Å². The highest BCUT2D eigenvalue weighted by Gasteiger charge is 2.29. The summed E-state index contributed by atoms with van der Waals surface area (Å²) in [5.74, 6) is 0.408.